The molecular weight excluding hydrogens is 254 g/mol. The van der Waals surface area contributed by atoms with E-state index in [9.17, 15) is 9.90 Å². The van der Waals surface area contributed by atoms with Gasteiger partial charge in [0.15, 0.2) is 0 Å². The molecule has 0 aliphatic heterocycles. The van der Waals surface area contributed by atoms with Crippen LogP contribution < -0.4 is 0 Å². The van der Waals surface area contributed by atoms with Gasteiger partial charge in [-0.2, -0.15) is 0 Å². The van der Waals surface area contributed by atoms with E-state index >= 15 is 0 Å². The number of phenolic OH excluding ortho intramolecular Hbond substituents is 1. The maximum atomic E-state index is 12.1. The number of phenols is 1. The molecule has 0 atom stereocenters. The van der Waals surface area contributed by atoms with E-state index in [1.165, 1.54) is 18.2 Å². The van der Waals surface area contributed by atoms with Crippen LogP contribution in [0.5, 0.6) is 5.75 Å². The van der Waals surface area contributed by atoms with Crippen LogP contribution in [0.2, 0.25) is 5.02 Å². The maximum absolute atomic E-state index is 12.1. The predicted octanol–water partition coefficient (Wildman–Crippen LogP) is 2.91. The van der Waals surface area contributed by atoms with Crippen molar-refractivity contribution in [2.75, 3.05) is 7.05 Å². The topological polar surface area (TPSA) is 53.7 Å². The van der Waals surface area contributed by atoms with Crippen LogP contribution in [0, 0.1) is 0 Å². The van der Waals surface area contributed by atoms with Gasteiger partial charge >= 0.3 is 0 Å². The van der Waals surface area contributed by atoms with Gasteiger partial charge in [-0.1, -0.05) is 11.6 Å². The van der Waals surface area contributed by atoms with Gasteiger partial charge in [-0.25, -0.2) is 0 Å². The van der Waals surface area contributed by atoms with Crippen LogP contribution in [-0.4, -0.2) is 23.0 Å². The first kappa shape index (κ1) is 12.5. The largest absolute Gasteiger partial charge is 0.506 e. The van der Waals surface area contributed by atoms with Crippen LogP contribution in [0.1, 0.15) is 15.9 Å². The monoisotopic (exact) mass is 265 g/mol. The van der Waals surface area contributed by atoms with Gasteiger partial charge in [-0.3, -0.25) is 4.79 Å². The van der Waals surface area contributed by atoms with Gasteiger partial charge in [0.25, 0.3) is 5.91 Å². The van der Waals surface area contributed by atoms with Crippen molar-refractivity contribution in [3.05, 3.63) is 52.9 Å². The standard InChI is InChI=1S/C13H12ClNO3/c1-15(7-9-4-5-18-8-9)13(17)10-2-3-12(16)11(14)6-10/h2-6,8,16H,7H2,1H3. The lowest BCUT2D eigenvalue weighted by molar-refractivity contribution is 0.0785. The van der Waals surface area contributed by atoms with Crippen LogP contribution in [0.25, 0.3) is 0 Å². The molecule has 1 aromatic carbocycles. The molecule has 0 spiro atoms. The summed E-state index contributed by atoms with van der Waals surface area (Å²) in [7, 11) is 1.69. The number of amides is 1. The lowest BCUT2D eigenvalue weighted by Gasteiger charge is -2.16. The highest BCUT2D eigenvalue weighted by Crippen LogP contribution is 2.24. The predicted molar refractivity (Wildman–Crippen MR) is 67.6 cm³/mol. The number of carbonyl (C=O) groups excluding carboxylic acids is 1. The molecule has 0 aliphatic carbocycles. The highest BCUT2D eigenvalue weighted by atomic mass is 35.5. The number of aromatic hydroxyl groups is 1. The van der Waals surface area contributed by atoms with Crippen LogP contribution in [0.4, 0.5) is 0 Å². The van der Waals surface area contributed by atoms with E-state index in [1.807, 2.05) is 0 Å². The van der Waals surface area contributed by atoms with Crippen LogP contribution >= 0.6 is 11.6 Å². The zero-order valence-corrected chi connectivity index (χ0v) is 10.5. The van der Waals surface area contributed by atoms with Gasteiger partial charge in [-0.15, -0.1) is 0 Å². The molecule has 0 unspecified atom stereocenters. The number of carbonyl (C=O) groups is 1. The second kappa shape index (κ2) is 5.14. The third-order valence-corrected chi connectivity index (χ3v) is 2.84. The van der Waals surface area contributed by atoms with Crippen molar-refractivity contribution in [1.82, 2.24) is 4.90 Å². The number of halogens is 1. The molecule has 2 aromatic rings. The minimum atomic E-state index is -0.168. The molecule has 2 rings (SSSR count). The third-order valence-electron chi connectivity index (χ3n) is 2.54. The number of rotatable bonds is 3. The van der Waals surface area contributed by atoms with Crippen molar-refractivity contribution in [3.63, 3.8) is 0 Å². The third kappa shape index (κ3) is 2.65. The first-order valence-electron chi connectivity index (χ1n) is 5.33. The Bertz CT molecular complexity index is 551. The number of nitrogens with zero attached hydrogens (tertiary/aromatic N) is 1. The summed E-state index contributed by atoms with van der Waals surface area (Å²) in [4.78, 5) is 13.6. The minimum Gasteiger partial charge on any atom is -0.506 e. The zero-order valence-electron chi connectivity index (χ0n) is 9.76. The molecule has 1 aromatic heterocycles. The van der Waals surface area contributed by atoms with Gasteiger partial charge < -0.3 is 14.4 Å². The Balaban J connectivity index is 2.12. The summed E-state index contributed by atoms with van der Waals surface area (Å²) < 4.78 is 4.94. The molecule has 1 amide bonds. The van der Waals surface area contributed by atoms with Crippen molar-refractivity contribution in [2.45, 2.75) is 6.54 Å². The molecule has 0 saturated heterocycles. The first-order chi connectivity index (χ1) is 8.58. The molecule has 0 radical (unpaired) electrons. The SMILES string of the molecule is CN(Cc1ccoc1)C(=O)c1ccc(O)c(Cl)c1. The summed E-state index contributed by atoms with van der Waals surface area (Å²) in [5.41, 5.74) is 1.35. The van der Waals surface area contributed by atoms with E-state index in [4.69, 9.17) is 16.0 Å². The summed E-state index contributed by atoms with van der Waals surface area (Å²) in [6.07, 6.45) is 3.15. The average molecular weight is 266 g/mol. The summed E-state index contributed by atoms with van der Waals surface area (Å²) in [6.45, 7) is 0.452. The van der Waals surface area contributed by atoms with Gasteiger partial charge in [-0.05, 0) is 24.3 Å². The van der Waals surface area contributed by atoms with Gasteiger partial charge in [0.05, 0.1) is 17.5 Å². The summed E-state index contributed by atoms with van der Waals surface area (Å²) in [5.74, 6) is -0.205. The van der Waals surface area contributed by atoms with E-state index in [0.29, 0.717) is 12.1 Å². The molecule has 18 heavy (non-hydrogen) atoms. The highest BCUT2D eigenvalue weighted by molar-refractivity contribution is 6.32. The molecule has 0 fully saturated rings. The Hall–Kier alpha value is -1.94. The number of benzene rings is 1. The van der Waals surface area contributed by atoms with Crippen molar-refractivity contribution in [1.29, 1.82) is 0 Å². The summed E-state index contributed by atoms with van der Waals surface area (Å²) >= 11 is 5.77. The fourth-order valence-corrected chi connectivity index (χ4v) is 1.77. The Morgan fingerprint density at radius 1 is 1.44 bits per heavy atom. The number of hydrogen-bond acceptors (Lipinski definition) is 3. The maximum Gasteiger partial charge on any atom is 0.253 e. The van der Waals surface area contributed by atoms with Crippen molar-refractivity contribution in [2.24, 2.45) is 0 Å². The van der Waals surface area contributed by atoms with E-state index < -0.39 is 0 Å². The second-order valence-corrected chi connectivity index (χ2v) is 4.37. The molecule has 0 saturated carbocycles. The zero-order chi connectivity index (χ0) is 13.1. The molecule has 4 nitrogen and oxygen atoms in total. The molecular formula is C13H12ClNO3. The smallest absolute Gasteiger partial charge is 0.253 e. The van der Waals surface area contributed by atoms with E-state index in [-0.39, 0.29) is 16.7 Å². The molecule has 1 heterocycles. The normalized spacial score (nSPS) is 10.3. The van der Waals surface area contributed by atoms with Gasteiger partial charge in [0, 0.05) is 24.7 Å². The lowest BCUT2D eigenvalue weighted by Crippen LogP contribution is -2.25. The van der Waals surface area contributed by atoms with Crippen molar-refractivity contribution < 1.29 is 14.3 Å². The average Bonchev–Trinajstić information content (AvgIpc) is 2.84. The minimum absolute atomic E-state index is 0.0364. The number of hydrogen-bond donors (Lipinski definition) is 1. The molecule has 1 N–H and O–H groups in total. The Labute approximate surface area is 109 Å². The Kier molecular flexibility index (Phi) is 3.58. The van der Waals surface area contributed by atoms with Crippen molar-refractivity contribution >= 4 is 17.5 Å². The molecule has 0 bridgehead atoms. The number of furan rings is 1. The highest BCUT2D eigenvalue weighted by Gasteiger charge is 2.13. The second-order valence-electron chi connectivity index (χ2n) is 3.96. The van der Waals surface area contributed by atoms with Crippen LogP contribution in [0.3, 0.4) is 0 Å². The summed E-state index contributed by atoms with van der Waals surface area (Å²) in [6, 6.07) is 6.19. The fraction of sp³-hybridized carbons (Fsp3) is 0.154. The van der Waals surface area contributed by atoms with Gasteiger partial charge in [0.1, 0.15) is 5.75 Å². The molecule has 0 aliphatic rings. The first-order valence-corrected chi connectivity index (χ1v) is 5.71. The Morgan fingerprint density at radius 2 is 2.22 bits per heavy atom. The van der Waals surface area contributed by atoms with E-state index in [2.05, 4.69) is 0 Å². The summed E-state index contributed by atoms with van der Waals surface area (Å²) in [5, 5.41) is 9.47. The quantitative estimate of drug-likeness (QED) is 0.928. The van der Waals surface area contributed by atoms with Crippen LogP contribution in [0.15, 0.2) is 41.2 Å². The van der Waals surface area contributed by atoms with E-state index in [0.717, 1.165) is 5.56 Å². The molecule has 94 valence electrons. The molecule has 5 heteroatoms. The lowest BCUT2D eigenvalue weighted by atomic mass is 10.2. The van der Waals surface area contributed by atoms with Gasteiger partial charge in [0.2, 0.25) is 0 Å². The van der Waals surface area contributed by atoms with Crippen LogP contribution in [-0.2, 0) is 6.54 Å². The Morgan fingerprint density at radius 3 is 2.83 bits per heavy atom. The van der Waals surface area contributed by atoms with E-state index in [1.54, 1.807) is 30.5 Å². The fourth-order valence-electron chi connectivity index (χ4n) is 1.59. The van der Waals surface area contributed by atoms with Crippen molar-refractivity contribution in [3.8, 4) is 5.75 Å².